The Morgan fingerprint density at radius 1 is 1.00 bits per heavy atom. The van der Waals surface area contributed by atoms with E-state index in [9.17, 15) is 0 Å². The Morgan fingerprint density at radius 2 is 1.84 bits per heavy atom. The molecule has 0 saturated carbocycles. The molecular formula is C15H15NO3. The third kappa shape index (κ3) is 2.91. The molecule has 0 amide bonds. The van der Waals surface area contributed by atoms with Crippen LogP contribution in [-0.2, 0) is 0 Å². The number of benzene rings is 2. The SMILES string of the molecule is c1ccc(OCCNc2ccc3c(c2)OCO3)cc1. The molecule has 0 unspecified atom stereocenters. The van der Waals surface area contributed by atoms with E-state index in [0.29, 0.717) is 13.4 Å². The lowest BCUT2D eigenvalue weighted by molar-refractivity contribution is 0.174. The van der Waals surface area contributed by atoms with Gasteiger partial charge in [-0.1, -0.05) is 18.2 Å². The molecule has 2 aromatic carbocycles. The largest absolute Gasteiger partial charge is 0.492 e. The van der Waals surface area contributed by atoms with Crippen LogP contribution in [0.1, 0.15) is 0 Å². The summed E-state index contributed by atoms with van der Waals surface area (Å²) in [5, 5.41) is 3.28. The fourth-order valence-electron chi connectivity index (χ4n) is 1.89. The van der Waals surface area contributed by atoms with Crippen molar-refractivity contribution in [1.82, 2.24) is 0 Å². The molecule has 0 bridgehead atoms. The van der Waals surface area contributed by atoms with E-state index in [4.69, 9.17) is 14.2 Å². The molecule has 1 N–H and O–H groups in total. The maximum Gasteiger partial charge on any atom is 0.231 e. The normalized spacial score (nSPS) is 12.2. The molecule has 0 atom stereocenters. The zero-order valence-corrected chi connectivity index (χ0v) is 10.5. The van der Waals surface area contributed by atoms with Crippen LogP contribution in [0.5, 0.6) is 17.2 Å². The second-order valence-electron chi connectivity index (χ2n) is 4.16. The first-order valence-corrected chi connectivity index (χ1v) is 6.23. The van der Waals surface area contributed by atoms with E-state index in [0.717, 1.165) is 29.5 Å². The first kappa shape index (κ1) is 11.7. The Bertz CT molecular complexity index is 542. The number of para-hydroxylation sites is 1. The molecule has 0 radical (unpaired) electrons. The van der Waals surface area contributed by atoms with Crippen LogP contribution in [0, 0.1) is 0 Å². The van der Waals surface area contributed by atoms with Crippen molar-refractivity contribution in [3.05, 3.63) is 48.5 Å². The number of anilines is 1. The number of hydrogen-bond acceptors (Lipinski definition) is 4. The summed E-state index contributed by atoms with van der Waals surface area (Å²) < 4.78 is 16.2. The first-order valence-electron chi connectivity index (χ1n) is 6.23. The summed E-state index contributed by atoms with van der Waals surface area (Å²) in [5.74, 6) is 2.47. The molecule has 0 saturated heterocycles. The number of hydrogen-bond donors (Lipinski definition) is 1. The number of nitrogens with one attached hydrogen (secondary N) is 1. The van der Waals surface area contributed by atoms with Crippen molar-refractivity contribution >= 4 is 5.69 Å². The smallest absolute Gasteiger partial charge is 0.231 e. The predicted molar refractivity (Wildman–Crippen MR) is 73.0 cm³/mol. The van der Waals surface area contributed by atoms with Gasteiger partial charge >= 0.3 is 0 Å². The van der Waals surface area contributed by atoms with E-state index in [1.165, 1.54) is 0 Å². The average Bonchev–Trinajstić information content (AvgIpc) is 2.92. The quantitative estimate of drug-likeness (QED) is 0.836. The number of fused-ring (bicyclic) bond motifs is 1. The third-order valence-electron chi connectivity index (χ3n) is 2.82. The Morgan fingerprint density at radius 3 is 2.74 bits per heavy atom. The van der Waals surface area contributed by atoms with Crippen LogP contribution in [0.3, 0.4) is 0 Å². The molecule has 2 aromatic rings. The van der Waals surface area contributed by atoms with Crippen molar-refractivity contribution in [3.63, 3.8) is 0 Å². The fourth-order valence-corrected chi connectivity index (χ4v) is 1.89. The summed E-state index contributed by atoms with van der Waals surface area (Å²) in [7, 11) is 0. The van der Waals surface area contributed by atoms with E-state index < -0.39 is 0 Å². The summed E-state index contributed by atoms with van der Waals surface area (Å²) in [4.78, 5) is 0. The second-order valence-corrected chi connectivity index (χ2v) is 4.16. The van der Waals surface area contributed by atoms with Crippen molar-refractivity contribution in [3.8, 4) is 17.2 Å². The highest BCUT2D eigenvalue weighted by atomic mass is 16.7. The minimum atomic E-state index is 0.301. The highest BCUT2D eigenvalue weighted by Crippen LogP contribution is 2.34. The van der Waals surface area contributed by atoms with Crippen LogP contribution in [-0.4, -0.2) is 19.9 Å². The van der Waals surface area contributed by atoms with Crippen molar-refractivity contribution in [2.75, 3.05) is 25.3 Å². The summed E-state index contributed by atoms with van der Waals surface area (Å²) >= 11 is 0. The minimum absolute atomic E-state index is 0.301. The van der Waals surface area contributed by atoms with Crippen LogP contribution < -0.4 is 19.5 Å². The van der Waals surface area contributed by atoms with Gasteiger partial charge in [0.25, 0.3) is 0 Å². The highest BCUT2D eigenvalue weighted by molar-refractivity contribution is 5.55. The lowest BCUT2D eigenvalue weighted by Gasteiger charge is -2.09. The predicted octanol–water partition coefficient (Wildman–Crippen LogP) is 2.91. The average molecular weight is 257 g/mol. The van der Waals surface area contributed by atoms with Gasteiger partial charge in [-0.05, 0) is 24.3 Å². The van der Waals surface area contributed by atoms with Gasteiger partial charge in [-0.15, -0.1) is 0 Å². The molecule has 4 nitrogen and oxygen atoms in total. The molecule has 98 valence electrons. The molecule has 0 aliphatic carbocycles. The van der Waals surface area contributed by atoms with Gasteiger partial charge in [0.15, 0.2) is 11.5 Å². The maximum atomic E-state index is 5.60. The summed E-state index contributed by atoms with van der Waals surface area (Å²) in [6.45, 7) is 1.64. The van der Waals surface area contributed by atoms with Crippen LogP contribution in [0.15, 0.2) is 48.5 Å². The molecule has 1 aliphatic rings. The van der Waals surface area contributed by atoms with Crippen LogP contribution in [0.2, 0.25) is 0 Å². The second kappa shape index (κ2) is 5.52. The molecule has 3 rings (SSSR count). The van der Waals surface area contributed by atoms with Gasteiger partial charge < -0.3 is 19.5 Å². The Balaban J connectivity index is 1.48. The van der Waals surface area contributed by atoms with Crippen molar-refractivity contribution in [1.29, 1.82) is 0 Å². The molecular weight excluding hydrogens is 242 g/mol. The van der Waals surface area contributed by atoms with Gasteiger partial charge in [-0.2, -0.15) is 0 Å². The Kier molecular flexibility index (Phi) is 3.40. The molecule has 0 spiro atoms. The standard InChI is InChI=1S/C15H15NO3/c1-2-4-13(5-3-1)17-9-8-16-12-6-7-14-15(10-12)19-11-18-14/h1-7,10,16H,8-9,11H2. The minimum Gasteiger partial charge on any atom is -0.492 e. The summed E-state index contributed by atoms with van der Waals surface area (Å²) in [6.07, 6.45) is 0. The van der Waals surface area contributed by atoms with Crippen molar-refractivity contribution in [2.45, 2.75) is 0 Å². The van der Waals surface area contributed by atoms with Gasteiger partial charge in [0.1, 0.15) is 12.4 Å². The van der Waals surface area contributed by atoms with Crippen molar-refractivity contribution < 1.29 is 14.2 Å². The Hall–Kier alpha value is -2.36. The monoisotopic (exact) mass is 257 g/mol. The molecule has 19 heavy (non-hydrogen) atoms. The van der Waals surface area contributed by atoms with Crippen LogP contribution in [0.25, 0.3) is 0 Å². The van der Waals surface area contributed by atoms with E-state index in [1.54, 1.807) is 0 Å². The Labute approximate surface area is 111 Å². The number of rotatable bonds is 5. The lowest BCUT2D eigenvalue weighted by Crippen LogP contribution is -2.11. The van der Waals surface area contributed by atoms with Gasteiger partial charge in [0, 0.05) is 18.3 Å². The van der Waals surface area contributed by atoms with Gasteiger partial charge in [-0.25, -0.2) is 0 Å². The molecule has 4 heteroatoms. The van der Waals surface area contributed by atoms with Gasteiger partial charge in [0.2, 0.25) is 6.79 Å². The molecule has 1 heterocycles. The number of ether oxygens (including phenoxy) is 3. The molecule has 1 aliphatic heterocycles. The zero-order valence-electron chi connectivity index (χ0n) is 10.5. The van der Waals surface area contributed by atoms with Crippen LogP contribution >= 0.6 is 0 Å². The van der Waals surface area contributed by atoms with E-state index in [-0.39, 0.29) is 0 Å². The van der Waals surface area contributed by atoms with E-state index in [1.807, 2.05) is 48.5 Å². The molecule has 0 aromatic heterocycles. The molecule has 0 fully saturated rings. The summed E-state index contributed by atoms with van der Waals surface area (Å²) in [6, 6.07) is 15.6. The lowest BCUT2D eigenvalue weighted by atomic mass is 10.3. The van der Waals surface area contributed by atoms with Gasteiger partial charge in [-0.3, -0.25) is 0 Å². The maximum absolute atomic E-state index is 5.60. The van der Waals surface area contributed by atoms with Crippen molar-refractivity contribution in [2.24, 2.45) is 0 Å². The van der Waals surface area contributed by atoms with Gasteiger partial charge in [0.05, 0.1) is 0 Å². The third-order valence-corrected chi connectivity index (χ3v) is 2.82. The summed E-state index contributed by atoms with van der Waals surface area (Å²) in [5.41, 5.74) is 1.00. The van der Waals surface area contributed by atoms with E-state index in [2.05, 4.69) is 5.32 Å². The highest BCUT2D eigenvalue weighted by Gasteiger charge is 2.12. The zero-order chi connectivity index (χ0) is 12.9. The van der Waals surface area contributed by atoms with E-state index >= 15 is 0 Å². The topological polar surface area (TPSA) is 39.7 Å². The fraction of sp³-hybridized carbons (Fsp3) is 0.200. The first-order chi connectivity index (χ1) is 9.42. The van der Waals surface area contributed by atoms with Crippen LogP contribution in [0.4, 0.5) is 5.69 Å².